The molecule has 2 heterocycles. The SMILES string of the molecule is Cc1c(C(=O)O)cccc1-n1c(C)cc(C=C(C#N)C(=O)NCCc2c[nH]c3ccccc23)c1C. The maximum atomic E-state index is 12.7. The first-order chi connectivity index (χ1) is 16.8. The van der Waals surface area contributed by atoms with Gasteiger partial charge in [0.2, 0.25) is 0 Å². The molecule has 0 aliphatic rings. The first kappa shape index (κ1) is 23.6. The maximum absolute atomic E-state index is 12.7. The van der Waals surface area contributed by atoms with Gasteiger partial charge in [0.25, 0.3) is 5.91 Å². The fourth-order valence-corrected chi connectivity index (χ4v) is 4.45. The highest BCUT2D eigenvalue weighted by atomic mass is 16.4. The van der Waals surface area contributed by atoms with Gasteiger partial charge in [-0.05, 0) is 74.2 Å². The van der Waals surface area contributed by atoms with Crippen molar-refractivity contribution in [3.63, 3.8) is 0 Å². The molecule has 4 rings (SSSR count). The van der Waals surface area contributed by atoms with Crippen LogP contribution in [0.25, 0.3) is 22.7 Å². The molecule has 0 aliphatic carbocycles. The average molecular weight is 467 g/mol. The summed E-state index contributed by atoms with van der Waals surface area (Å²) in [7, 11) is 0. The van der Waals surface area contributed by atoms with Crippen LogP contribution in [0, 0.1) is 32.1 Å². The molecule has 176 valence electrons. The average Bonchev–Trinajstić information content (AvgIpc) is 3.37. The Kier molecular flexibility index (Phi) is 6.56. The number of aromatic nitrogens is 2. The molecule has 0 saturated heterocycles. The molecule has 35 heavy (non-hydrogen) atoms. The second kappa shape index (κ2) is 9.74. The van der Waals surface area contributed by atoms with Gasteiger partial charge in [0.15, 0.2) is 0 Å². The Morgan fingerprint density at radius 2 is 1.91 bits per heavy atom. The minimum absolute atomic E-state index is 0.0141. The van der Waals surface area contributed by atoms with Crippen LogP contribution in [0.15, 0.2) is 60.3 Å². The summed E-state index contributed by atoms with van der Waals surface area (Å²) in [5.74, 6) is -1.41. The normalized spacial score (nSPS) is 11.4. The van der Waals surface area contributed by atoms with Gasteiger partial charge in [-0.1, -0.05) is 24.3 Å². The zero-order chi connectivity index (χ0) is 25.1. The van der Waals surface area contributed by atoms with Crippen LogP contribution in [0.3, 0.4) is 0 Å². The van der Waals surface area contributed by atoms with Gasteiger partial charge < -0.3 is 20.0 Å². The van der Waals surface area contributed by atoms with Crippen molar-refractivity contribution in [2.75, 3.05) is 6.54 Å². The van der Waals surface area contributed by atoms with Crippen molar-refractivity contribution in [3.05, 3.63) is 93.9 Å². The number of rotatable bonds is 7. The predicted molar refractivity (Wildman–Crippen MR) is 136 cm³/mol. The monoisotopic (exact) mass is 466 g/mol. The van der Waals surface area contributed by atoms with E-state index in [1.54, 1.807) is 25.1 Å². The number of hydrogen-bond donors (Lipinski definition) is 3. The molecule has 0 aliphatic heterocycles. The van der Waals surface area contributed by atoms with Crippen LogP contribution in [0.2, 0.25) is 0 Å². The number of benzene rings is 2. The quantitative estimate of drug-likeness (QED) is 0.267. The Balaban J connectivity index is 1.54. The van der Waals surface area contributed by atoms with E-state index in [1.165, 1.54) is 0 Å². The molecule has 3 N–H and O–H groups in total. The van der Waals surface area contributed by atoms with Crippen LogP contribution in [0.1, 0.15) is 38.4 Å². The summed E-state index contributed by atoms with van der Waals surface area (Å²) in [4.78, 5) is 27.5. The molecular weight excluding hydrogens is 440 g/mol. The van der Waals surface area contributed by atoms with Gasteiger partial charge in [-0.25, -0.2) is 4.79 Å². The largest absolute Gasteiger partial charge is 0.478 e. The maximum Gasteiger partial charge on any atom is 0.336 e. The number of nitrogens with one attached hydrogen (secondary N) is 2. The van der Waals surface area contributed by atoms with Crippen molar-refractivity contribution >= 4 is 28.9 Å². The topological polar surface area (TPSA) is 111 Å². The summed E-state index contributed by atoms with van der Waals surface area (Å²) >= 11 is 0. The molecule has 0 spiro atoms. The molecule has 0 saturated carbocycles. The van der Waals surface area contributed by atoms with E-state index >= 15 is 0 Å². The number of carbonyl (C=O) groups is 2. The van der Waals surface area contributed by atoms with E-state index in [0.717, 1.165) is 39.1 Å². The van der Waals surface area contributed by atoms with Crippen molar-refractivity contribution in [1.82, 2.24) is 14.9 Å². The second-order valence-corrected chi connectivity index (χ2v) is 8.45. The first-order valence-electron chi connectivity index (χ1n) is 11.3. The number of aromatic amines is 1. The molecule has 0 atom stereocenters. The Hall–Kier alpha value is -4.57. The minimum atomic E-state index is -0.983. The number of carbonyl (C=O) groups excluding carboxylic acids is 1. The van der Waals surface area contributed by atoms with Gasteiger partial charge >= 0.3 is 5.97 Å². The standard InChI is InChI=1S/C28H26N4O3/c1-17-13-21(19(3)32(17)26-10-6-8-23(18(26)2)28(34)35)14-22(15-29)27(33)30-12-11-20-16-31-25-9-5-4-7-24(20)25/h4-10,13-14,16,31H,11-12H2,1-3H3,(H,30,33)(H,34,35). The lowest BCUT2D eigenvalue weighted by atomic mass is 10.1. The number of aryl methyl sites for hydroxylation is 1. The van der Waals surface area contributed by atoms with E-state index < -0.39 is 11.9 Å². The van der Waals surface area contributed by atoms with E-state index in [2.05, 4.69) is 10.3 Å². The number of para-hydroxylation sites is 1. The van der Waals surface area contributed by atoms with Crippen LogP contribution in [0.4, 0.5) is 0 Å². The molecule has 2 aromatic carbocycles. The third-order valence-electron chi connectivity index (χ3n) is 6.27. The fraction of sp³-hybridized carbons (Fsp3) is 0.179. The summed E-state index contributed by atoms with van der Waals surface area (Å²) < 4.78 is 1.94. The van der Waals surface area contributed by atoms with Gasteiger partial charge in [-0.3, -0.25) is 4.79 Å². The molecule has 4 aromatic rings. The lowest BCUT2D eigenvalue weighted by Crippen LogP contribution is -2.26. The van der Waals surface area contributed by atoms with Crippen LogP contribution in [-0.4, -0.2) is 33.1 Å². The second-order valence-electron chi connectivity index (χ2n) is 8.45. The summed E-state index contributed by atoms with van der Waals surface area (Å²) in [6.45, 7) is 5.97. The fourth-order valence-electron chi connectivity index (χ4n) is 4.45. The molecule has 7 heteroatoms. The molecule has 1 amide bonds. The lowest BCUT2D eigenvalue weighted by Gasteiger charge is -2.14. The van der Waals surface area contributed by atoms with Crippen molar-refractivity contribution in [2.24, 2.45) is 0 Å². The smallest absolute Gasteiger partial charge is 0.336 e. The predicted octanol–water partition coefficient (Wildman–Crippen LogP) is 4.85. The highest BCUT2D eigenvalue weighted by molar-refractivity contribution is 6.02. The van der Waals surface area contributed by atoms with E-state index in [-0.39, 0.29) is 11.1 Å². The third-order valence-corrected chi connectivity index (χ3v) is 6.27. The molecule has 7 nitrogen and oxygen atoms in total. The summed E-state index contributed by atoms with van der Waals surface area (Å²) in [6.07, 6.45) is 4.16. The van der Waals surface area contributed by atoms with Gasteiger partial charge in [-0.2, -0.15) is 5.26 Å². The van der Waals surface area contributed by atoms with Gasteiger partial charge in [-0.15, -0.1) is 0 Å². The molecule has 0 unspecified atom stereocenters. The highest BCUT2D eigenvalue weighted by Gasteiger charge is 2.17. The first-order valence-corrected chi connectivity index (χ1v) is 11.3. The number of carboxylic acid groups (broad SMARTS) is 1. The zero-order valence-electron chi connectivity index (χ0n) is 19.8. The Morgan fingerprint density at radius 1 is 1.14 bits per heavy atom. The van der Waals surface area contributed by atoms with Crippen LogP contribution < -0.4 is 5.32 Å². The van der Waals surface area contributed by atoms with Crippen LogP contribution >= 0.6 is 0 Å². The van der Waals surface area contributed by atoms with Crippen molar-refractivity contribution in [1.29, 1.82) is 5.26 Å². The van der Waals surface area contributed by atoms with E-state index in [4.69, 9.17) is 0 Å². The number of nitriles is 1. The number of nitrogens with zero attached hydrogens (tertiary/aromatic N) is 2. The lowest BCUT2D eigenvalue weighted by molar-refractivity contribution is -0.117. The number of fused-ring (bicyclic) bond motifs is 1. The summed E-state index contributed by atoms with van der Waals surface area (Å²) in [6, 6.07) is 17.0. The number of carboxylic acids is 1. The minimum Gasteiger partial charge on any atom is -0.478 e. The highest BCUT2D eigenvalue weighted by Crippen LogP contribution is 2.26. The Bertz CT molecular complexity index is 1510. The summed E-state index contributed by atoms with van der Waals surface area (Å²) in [5.41, 5.74) is 6.21. The van der Waals surface area contributed by atoms with Crippen LogP contribution in [-0.2, 0) is 11.2 Å². The van der Waals surface area contributed by atoms with Crippen molar-refractivity contribution in [3.8, 4) is 11.8 Å². The van der Waals surface area contributed by atoms with Crippen LogP contribution in [0.5, 0.6) is 0 Å². The van der Waals surface area contributed by atoms with E-state index in [0.29, 0.717) is 18.5 Å². The van der Waals surface area contributed by atoms with Gasteiger partial charge in [0, 0.05) is 40.7 Å². The number of H-pyrrole nitrogens is 1. The van der Waals surface area contributed by atoms with Crippen molar-refractivity contribution in [2.45, 2.75) is 27.2 Å². The molecule has 0 bridgehead atoms. The molecular formula is C28H26N4O3. The number of hydrogen-bond acceptors (Lipinski definition) is 3. The molecule has 2 aromatic heterocycles. The van der Waals surface area contributed by atoms with E-state index in [1.807, 2.05) is 67.1 Å². The number of aromatic carboxylic acids is 1. The number of amides is 1. The van der Waals surface area contributed by atoms with E-state index in [9.17, 15) is 20.0 Å². The molecule has 0 fully saturated rings. The third kappa shape index (κ3) is 4.59. The molecule has 0 radical (unpaired) electrons. The Labute approximate surface area is 203 Å². The van der Waals surface area contributed by atoms with Gasteiger partial charge in [0.05, 0.1) is 5.56 Å². The summed E-state index contributed by atoms with van der Waals surface area (Å²) in [5, 5.41) is 23.1. The van der Waals surface area contributed by atoms with Crippen molar-refractivity contribution < 1.29 is 14.7 Å². The Morgan fingerprint density at radius 3 is 2.66 bits per heavy atom. The zero-order valence-corrected chi connectivity index (χ0v) is 19.8. The van der Waals surface area contributed by atoms with Gasteiger partial charge in [0.1, 0.15) is 11.6 Å².